The van der Waals surface area contributed by atoms with Gasteiger partial charge in [-0.2, -0.15) is 0 Å². The van der Waals surface area contributed by atoms with Crippen LogP contribution in [0.2, 0.25) is 0 Å². The first-order valence-electron chi connectivity index (χ1n) is 13.6. The number of methoxy groups -OCH3 is 1. The predicted octanol–water partition coefficient (Wildman–Crippen LogP) is 9.09. The van der Waals surface area contributed by atoms with Crippen molar-refractivity contribution in [3.05, 3.63) is 59.2 Å². The molecule has 0 bridgehead atoms. The molecule has 2 aromatic carbocycles. The third-order valence-corrected chi connectivity index (χ3v) is 8.57. The normalized spacial score (nSPS) is 25.4. The summed E-state index contributed by atoms with van der Waals surface area (Å²) in [6, 6.07) is 11.7. The molecule has 186 valence electrons. The van der Waals surface area contributed by atoms with E-state index in [1.807, 2.05) is 18.2 Å². The van der Waals surface area contributed by atoms with Crippen molar-refractivity contribution in [2.45, 2.75) is 89.9 Å². The molecule has 0 N–H and O–H groups in total. The first-order chi connectivity index (χ1) is 16.6. The summed E-state index contributed by atoms with van der Waals surface area (Å²) in [5.41, 5.74) is 2.97. The average Bonchev–Trinajstić information content (AvgIpc) is 2.87. The average molecular weight is 469 g/mol. The smallest absolute Gasteiger partial charge is 0.166 e. The molecule has 0 heterocycles. The molecule has 2 aliphatic rings. The van der Waals surface area contributed by atoms with Gasteiger partial charge in [-0.25, -0.2) is 8.78 Å². The Bertz CT molecular complexity index is 890. The molecule has 0 aromatic heterocycles. The zero-order chi connectivity index (χ0) is 23.9. The van der Waals surface area contributed by atoms with Crippen LogP contribution in [-0.4, -0.2) is 13.7 Å². The van der Waals surface area contributed by atoms with E-state index >= 15 is 8.78 Å². The van der Waals surface area contributed by atoms with Gasteiger partial charge in [0.1, 0.15) is 0 Å². The minimum Gasteiger partial charge on any atom is -0.384 e. The van der Waals surface area contributed by atoms with Gasteiger partial charge in [-0.1, -0.05) is 81.8 Å². The molecule has 4 rings (SSSR count). The van der Waals surface area contributed by atoms with Crippen LogP contribution in [0.1, 0.15) is 94.6 Å². The number of hydrogen-bond donors (Lipinski definition) is 0. The zero-order valence-corrected chi connectivity index (χ0v) is 21.1. The van der Waals surface area contributed by atoms with Gasteiger partial charge < -0.3 is 4.74 Å². The molecule has 0 atom stereocenters. The van der Waals surface area contributed by atoms with Crippen LogP contribution in [0.4, 0.5) is 8.78 Å². The molecule has 0 amide bonds. The lowest BCUT2D eigenvalue weighted by Gasteiger charge is -2.28. The summed E-state index contributed by atoms with van der Waals surface area (Å²) in [7, 11) is 1.73. The van der Waals surface area contributed by atoms with Crippen molar-refractivity contribution in [2.75, 3.05) is 13.7 Å². The Kier molecular flexibility index (Phi) is 9.17. The summed E-state index contributed by atoms with van der Waals surface area (Å²) in [5, 5.41) is 0. The van der Waals surface area contributed by atoms with Gasteiger partial charge in [-0.15, -0.1) is 0 Å². The second kappa shape index (κ2) is 12.3. The molecule has 2 saturated carbocycles. The van der Waals surface area contributed by atoms with Gasteiger partial charge in [0, 0.05) is 19.3 Å². The van der Waals surface area contributed by atoms with Gasteiger partial charge in [0.05, 0.1) is 0 Å². The summed E-state index contributed by atoms with van der Waals surface area (Å²) in [4.78, 5) is 0. The van der Waals surface area contributed by atoms with Gasteiger partial charge in [0.15, 0.2) is 11.6 Å². The van der Waals surface area contributed by atoms with Crippen molar-refractivity contribution in [1.29, 1.82) is 0 Å². The molecule has 0 unspecified atom stereocenters. The van der Waals surface area contributed by atoms with Gasteiger partial charge in [-0.05, 0) is 78.9 Å². The second-order valence-corrected chi connectivity index (χ2v) is 10.9. The third-order valence-electron chi connectivity index (χ3n) is 8.57. The number of benzene rings is 2. The fourth-order valence-corrected chi connectivity index (χ4v) is 6.42. The van der Waals surface area contributed by atoms with Crippen molar-refractivity contribution >= 4 is 0 Å². The van der Waals surface area contributed by atoms with E-state index < -0.39 is 11.6 Å². The van der Waals surface area contributed by atoms with Crippen LogP contribution in [0.25, 0.3) is 11.1 Å². The van der Waals surface area contributed by atoms with Gasteiger partial charge in [-0.3, -0.25) is 0 Å². The van der Waals surface area contributed by atoms with E-state index in [2.05, 4.69) is 19.1 Å². The van der Waals surface area contributed by atoms with Crippen LogP contribution >= 0.6 is 0 Å². The van der Waals surface area contributed by atoms with Crippen molar-refractivity contribution in [2.24, 2.45) is 17.8 Å². The van der Waals surface area contributed by atoms with Crippen molar-refractivity contribution in [1.82, 2.24) is 0 Å². The van der Waals surface area contributed by atoms with Crippen LogP contribution < -0.4 is 0 Å². The molecule has 0 aliphatic heterocycles. The summed E-state index contributed by atoms with van der Waals surface area (Å²) in [6.45, 7) is 3.05. The van der Waals surface area contributed by atoms with E-state index in [0.29, 0.717) is 17.0 Å². The Morgan fingerprint density at radius 2 is 1.35 bits per heavy atom. The number of halogens is 2. The largest absolute Gasteiger partial charge is 0.384 e. The molecule has 0 radical (unpaired) electrons. The van der Waals surface area contributed by atoms with Crippen LogP contribution in [0.15, 0.2) is 36.4 Å². The number of ether oxygens (including phenoxy) is 1. The topological polar surface area (TPSA) is 9.23 Å². The maximum atomic E-state index is 15.1. The van der Waals surface area contributed by atoms with E-state index in [1.165, 1.54) is 50.5 Å². The lowest BCUT2D eigenvalue weighted by Crippen LogP contribution is -2.18. The molecular weight excluding hydrogens is 426 g/mol. The summed E-state index contributed by atoms with van der Waals surface area (Å²) in [6.07, 6.45) is 14.4. The molecule has 34 heavy (non-hydrogen) atoms. The van der Waals surface area contributed by atoms with Crippen LogP contribution in [0, 0.1) is 29.4 Å². The Labute approximate surface area is 205 Å². The molecule has 2 fully saturated rings. The highest BCUT2D eigenvalue weighted by Gasteiger charge is 2.26. The fraction of sp³-hybridized carbons (Fsp3) is 0.613. The molecule has 0 spiro atoms. The molecular formula is C31H42F2O. The molecule has 2 aromatic rings. The van der Waals surface area contributed by atoms with Gasteiger partial charge >= 0.3 is 0 Å². The maximum absolute atomic E-state index is 15.1. The SMILES string of the molecule is CCCC1CCC(CCc2ccc(-c3ccc(C4CCC(COC)CC4)c(F)c3F)cc2)CC1. The Balaban J connectivity index is 1.34. The van der Waals surface area contributed by atoms with Crippen molar-refractivity contribution < 1.29 is 13.5 Å². The number of aryl methyl sites for hydroxylation is 1. The van der Waals surface area contributed by atoms with E-state index in [0.717, 1.165) is 56.1 Å². The highest BCUT2D eigenvalue weighted by atomic mass is 19.2. The van der Waals surface area contributed by atoms with Crippen LogP contribution in [0.5, 0.6) is 0 Å². The molecule has 3 heteroatoms. The summed E-state index contributed by atoms with van der Waals surface area (Å²) in [5.74, 6) is 1.09. The fourth-order valence-electron chi connectivity index (χ4n) is 6.42. The predicted molar refractivity (Wildman–Crippen MR) is 137 cm³/mol. The lowest BCUT2D eigenvalue weighted by atomic mass is 9.78. The van der Waals surface area contributed by atoms with E-state index in [-0.39, 0.29) is 5.92 Å². The first kappa shape index (κ1) is 25.4. The third kappa shape index (κ3) is 6.27. The first-order valence-corrected chi connectivity index (χ1v) is 13.6. The monoisotopic (exact) mass is 468 g/mol. The Morgan fingerprint density at radius 1 is 0.735 bits per heavy atom. The standard InChI is InChI=1S/C31H42F2O/c1-3-4-22-5-7-23(8-6-22)9-10-24-11-15-26(16-12-24)28-19-20-29(31(33)30(28)32)27-17-13-25(14-18-27)21-34-2/h11-12,15-16,19-20,22-23,25,27H,3-10,13-14,17-18,21H2,1-2H3. The minimum atomic E-state index is -0.701. The van der Waals surface area contributed by atoms with Crippen molar-refractivity contribution in [3.63, 3.8) is 0 Å². The van der Waals surface area contributed by atoms with Crippen LogP contribution in [0.3, 0.4) is 0 Å². The van der Waals surface area contributed by atoms with Gasteiger partial charge in [0.25, 0.3) is 0 Å². The summed E-state index contributed by atoms with van der Waals surface area (Å²) < 4.78 is 35.4. The minimum absolute atomic E-state index is 0.107. The lowest BCUT2D eigenvalue weighted by molar-refractivity contribution is 0.127. The highest BCUT2D eigenvalue weighted by molar-refractivity contribution is 5.65. The highest BCUT2D eigenvalue weighted by Crippen LogP contribution is 2.39. The van der Waals surface area contributed by atoms with E-state index in [9.17, 15) is 0 Å². The number of hydrogen-bond acceptors (Lipinski definition) is 1. The van der Waals surface area contributed by atoms with Crippen molar-refractivity contribution in [3.8, 4) is 11.1 Å². The molecule has 1 nitrogen and oxygen atoms in total. The van der Waals surface area contributed by atoms with Gasteiger partial charge in [0.2, 0.25) is 0 Å². The number of rotatable bonds is 9. The van der Waals surface area contributed by atoms with E-state index in [1.54, 1.807) is 13.2 Å². The summed E-state index contributed by atoms with van der Waals surface area (Å²) >= 11 is 0. The maximum Gasteiger partial charge on any atom is 0.166 e. The van der Waals surface area contributed by atoms with Crippen LogP contribution in [-0.2, 0) is 11.2 Å². The Hall–Kier alpha value is -1.74. The Morgan fingerprint density at radius 3 is 1.97 bits per heavy atom. The molecule has 0 saturated heterocycles. The second-order valence-electron chi connectivity index (χ2n) is 10.9. The molecule has 2 aliphatic carbocycles. The van der Waals surface area contributed by atoms with E-state index in [4.69, 9.17) is 4.74 Å². The zero-order valence-electron chi connectivity index (χ0n) is 21.1. The quantitative estimate of drug-likeness (QED) is 0.356.